The molecule has 0 saturated carbocycles. The van der Waals surface area contributed by atoms with Crippen molar-refractivity contribution in [3.8, 4) is 0 Å². The molecule has 1 aromatic heterocycles. The third-order valence-corrected chi connectivity index (χ3v) is 1.22. The molecule has 4 heteroatoms. The molecule has 0 aromatic carbocycles. The van der Waals surface area contributed by atoms with Crippen LogP contribution < -0.4 is 0 Å². The van der Waals surface area contributed by atoms with E-state index in [9.17, 15) is 4.79 Å². The summed E-state index contributed by atoms with van der Waals surface area (Å²) in [5.74, 6) is 0. The third-order valence-electron chi connectivity index (χ3n) is 1.09. The van der Waals surface area contributed by atoms with Gasteiger partial charge in [0.15, 0.2) is 0 Å². The van der Waals surface area contributed by atoms with Crippen molar-refractivity contribution >= 4 is 16.8 Å². The predicted molar refractivity (Wildman–Crippen MR) is 37.8 cm³/mol. The van der Waals surface area contributed by atoms with Crippen molar-refractivity contribution in [2.45, 2.75) is 6.42 Å². The maximum absolute atomic E-state index is 10.3. The van der Waals surface area contributed by atoms with Gasteiger partial charge in [-0.05, 0) is 17.7 Å². The number of nitrogens with zero attached hydrogens (tertiary/aromatic N) is 2. The zero-order valence-corrected chi connectivity index (χ0v) is 6.30. The number of hydrogen-bond donors (Lipinski definition) is 0. The van der Waals surface area contributed by atoms with Crippen molar-refractivity contribution in [1.82, 2.24) is 9.78 Å². The molecule has 0 unspecified atom stereocenters. The summed E-state index contributed by atoms with van der Waals surface area (Å²) in [6.45, 7) is 0. The van der Waals surface area contributed by atoms with E-state index in [2.05, 4.69) is 5.10 Å². The molecule has 0 saturated heterocycles. The molecule has 0 radical (unpaired) electrons. The van der Waals surface area contributed by atoms with Crippen molar-refractivity contribution in [2.75, 3.05) is 0 Å². The molecule has 0 amide bonds. The minimum atomic E-state index is -0.376. The van der Waals surface area contributed by atoms with E-state index in [-0.39, 0.29) is 11.7 Å². The topological polar surface area (TPSA) is 34.9 Å². The predicted octanol–water partition coefficient (Wildman–Crippen LogP) is 0.728. The van der Waals surface area contributed by atoms with E-state index in [4.69, 9.17) is 11.6 Å². The van der Waals surface area contributed by atoms with E-state index >= 15 is 0 Å². The van der Waals surface area contributed by atoms with Crippen LogP contribution in [0.2, 0.25) is 0 Å². The summed E-state index contributed by atoms with van der Waals surface area (Å²) >= 11 is 5.13. The van der Waals surface area contributed by atoms with E-state index in [0.29, 0.717) is 5.69 Å². The molecule has 1 aromatic rings. The quantitative estimate of drug-likeness (QED) is 0.595. The summed E-state index contributed by atoms with van der Waals surface area (Å²) in [6, 6.07) is 1.76. The largest absolute Gasteiger partial charge is 0.281 e. The lowest BCUT2D eigenvalue weighted by molar-refractivity contribution is -0.111. The molecule has 0 N–H and O–H groups in total. The number of carbonyl (C=O) groups is 1. The van der Waals surface area contributed by atoms with E-state index in [1.165, 1.54) is 0 Å². The second-order valence-corrected chi connectivity index (χ2v) is 2.43. The fourth-order valence-corrected chi connectivity index (χ4v) is 0.837. The molecule has 0 spiro atoms. The van der Waals surface area contributed by atoms with E-state index < -0.39 is 0 Å². The summed E-state index contributed by atoms with van der Waals surface area (Å²) < 4.78 is 1.63. The molecular formula is C6H7ClN2O. The van der Waals surface area contributed by atoms with Gasteiger partial charge < -0.3 is 0 Å². The summed E-state index contributed by atoms with van der Waals surface area (Å²) in [7, 11) is 1.79. The highest BCUT2D eigenvalue weighted by Crippen LogP contribution is 1.97. The normalized spacial score (nSPS) is 9.80. The van der Waals surface area contributed by atoms with Crippen LogP contribution >= 0.6 is 11.6 Å². The van der Waals surface area contributed by atoms with Crippen molar-refractivity contribution < 1.29 is 4.79 Å². The van der Waals surface area contributed by atoms with Gasteiger partial charge >= 0.3 is 0 Å². The second-order valence-electron chi connectivity index (χ2n) is 2.01. The first-order valence-corrected chi connectivity index (χ1v) is 3.23. The SMILES string of the molecule is Cn1ccc(CC(=O)Cl)n1. The Morgan fingerprint density at radius 1 is 1.90 bits per heavy atom. The van der Waals surface area contributed by atoms with Crippen LogP contribution in [0.5, 0.6) is 0 Å². The van der Waals surface area contributed by atoms with Crippen LogP contribution in [-0.4, -0.2) is 15.0 Å². The van der Waals surface area contributed by atoms with Crippen LogP contribution in [0.3, 0.4) is 0 Å². The third kappa shape index (κ3) is 1.84. The van der Waals surface area contributed by atoms with E-state index in [0.717, 1.165) is 0 Å². The Hall–Kier alpha value is -0.830. The minimum absolute atomic E-state index is 0.211. The van der Waals surface area contributed by atoms with Crippen molar-refractivity contribution in [2.24, 2.45) is 7.05 Å². The zero-order chi connectivity index (χ0) is 7.56. The average molecular weight is 159 g/mol. The summed E-state index contributed by atoms with van der Waals surface area (Å²) in [5, 5.41) is 3.59. The molecule has 1 rings (SSSR count). The standard InChI is InChI=1S/C6H7ClN2O/c1-9-3-2-5(8-9)4-6(7)10/h2-3H,4H2,1H3. The highest BCUT2D eigenvalue weighted by Gasteiger charge is 2.00. The molecular weight excluding hydrogens is 152 g/mol. The van der Waals surface area contributed by atoms with Crippen LogP contribution in [-0.2, 0) is 18.3 Å². The van der Waals surface area contributed by atoms with Gasteiger partial charge in [-0.2, -0.15) is 5.10 Å². The molecule has 0 atom stereocenters. The number of aryl methyl sites for hydroxylation is 1. The maximum Gasteiger partial charge on any atom is 0.227 e. The summed E-state index contributed by atoms with van der Waals surface area (Å²) in [6.07, 6.45) is 1.98. The smallest absolute Gasteiger partial charge is 0.227 e. The lowest BCUT2D eigenvalue weighted by atomic mass is 10.3. The van der Waals surface area contributed by atoms with Gasteiger partial charge in [0.1, 0.15) is 0 Å². The Kier molecular flexibility index (Phi) is 2.06. The fraction of sp³-hybridized carbons (Fsp3) is 0.333. The summed E-state index contributed by atoms with van der Waals surface area (Å²) in [4.78, 5) is 10.3. The number of carbonyl (C=O) groups excluding carboxylic acids is 1. The number of aromatic nitrogens is 2. The van der Waals surface area contributed by atoms with Crippen LogP contribution in [0.1, 0.15) is 5.69 Å². The first-order chi connectivity index (χ1) is 4.68. The maximum atomic E-state index is 10.3. The van der Waals surface area contributed by atoms with Crippen molar-refractivity contribution in [3.05, 3.63) is 18.0 Å². The van der Waals surface area contributed by atoms with Crippen LogP contribution in [0.25, 0.3) is 0 Å². The molecule has 0 aliphatic heterocycles. The monoisotopic (exact) mass is 158 g/mol. The van der Waals surface area contributed by atoms with Gasteiger partial charge in [-0.3, -0.25) is 9.48 Å². The van der Waals surface area contributed by atoms with Crippen LogP contribution in [0.4, 0.5) is 0 Å². The average Bonchev–Trinajstić information content (AvgIpc) is 2.13. The minimum Gasteiger partial charge on any atom is -0.281 e. The van der Waals surface area contributed by atoms with Gasteiger partial charge in [0.05, 0.1) is 12.1 Å². The lowest BCUT2D eigenvalue weighted by Crippen LogP contribution is -1.95. The number of hydrogen-bond acceptors (Lipinski definition) is 2. The highest BCUT2D eigenvalue weighted by molar-refractivity contribution is 6.63. The Balaban J connectivity index is 2.67. The van der Waals surface area contributed by atoms with Crippen molar-refractivity contribution in [1.29, 1.82) is 0 Å². The van der Waals surface area contributed by atoms with Crippen LogP contribution in [0.15, 0.2) is 12.3 Å². The van der Waals surface area contributed by atoms with Gasteiger partial charge in [-0.25, -0.2) is 0 Å². The molecule has 1 heterocycles. The molecule has 54 valence electrons. The van der Waals surface area contributed by atoms with Gasteiger partial charge in [-0.15, -0.1) is 0 Å². The zero-order valence-electron chi connectivity index (χ0n) is 5.54. The summed E-state index contributed by atoms with van der Waals surface area (Å²) in [5.41, 5.74) is 0.711. The van der Waals surface area contributed by atoms with Gasteiger partial charge in [-0.1, -0.05) is 0 Å². The number of halogens is 1. The molecule has 0 fully saturated rings. The van der Waals surface area contributed by atoms with Gasteiger partial charge in [0, 0.05) is 13.2 Å². The van der Waals surface area contributed by atoms with Crippen molar-refractivity contribution in [3.63, 3.8) is 0 Å². The fourth-order valence-electron chi connectivity index (χ4n) is 0.700. The van der Waals surface area contributed by atoms with Crippen LogP contribution in [0, 0.1) is 0 Å². The second kappa shape index (κ2) is 2.84. The molecule has 10 heavy (non-hydrogen) atoms. The Morgan fingerprint density at radius 2 is 2.60 bits per heavy atom. The Bertz CT molecular complexity index is 244. The molecule has 0 aliphatic rings. The van der Waals surface area contributed by atoms with Gasteiger partial charge in [0.25, 0.3) is 0 Å². The van der Waals surface area contributed by atoms with E-state index in [1.807, 2.05) is 0 Å². The first-order valence-electron chi connectivity index (χ1n) is 2.85. The number of rotatable bonds is 2. The molecule has 0 bridgehead atoms. The van der Waals surface area contributed by atoms with Gasteiger partial charge in [0.2, 0.25) is 5.24 Å². The first kappa shape index (κ1) is 7.28. The Morgan fingerprint density at radius 3 is 3.00 bits per heavy atom. The van der Waals surface area contributed by atoms with E-state index in [1.54, 1.807) is 24.0 Å². The highest BCUT2D eigenvalue weighted by atomic mass is 35.5. The Labute approximate surface area is 63.6 Å². The molecule has 0 aliphatic carbocycles. The molecule has 3 nitrogen and oxygen atoms in total. The lowest BCUT2D eigenvalue weighted by Gasteiger charge is -1.86.